The van der Waals surface area contributed by atoms with Crippen molar-refractivity contribution >= 4 is 0 Å². The first kappa shape index (κ1) is 24.0. The standard InChI is InChI=1S/C29H38N4O2/c1-3-22-9-11-24(12-10-22)29(15-6-16-29)28-31-27(35-32-28)21-30-17-20-33-18-13-23(14-19-33)25-7-4-5-8-26(25)34-2/h4-5,7-12,23,30H,3,6,13-21H2,1-2H3. The molecule has 0 bridgehead atoms. The van der Waals surface area contributed by atoms with E-state index in [9.17, 15) is 0 Å². The zero-order valence-corrected chi connectivity index (χ0v) is 21.1. The molecule has 3 aromatic rings. The molecule has 0 unspecified atom stereocenters. The van der Waals surface area contributed by atoms with Gasteiger partial charge >= 0.3 is 0 Å². The van der Waals surface area contributed by atoms with E-state index in [1.54, 1.807) is 7.11 Å². The Morgan fingerprint density at radius 3 is 2.54 bits per heavy atom. The van der Waals surface area contributed by atoms with E-state index in [0.717, 1.165) is 57.0 Å². The lowest BCUT2D eigenvalue weighted by Crippen LogP contribution is -2.38. The Morgan fingerprint density at radius 2 is 1.86 bits per heavy atom. The van der Waals surface area contributed by atoms with Gasteiger partial charge in [0.15, 0.2) is 5.82 Å². The normalized spacial score (nSPS) is 18.3. The van der Waals surface area contributed by atoms with Crippen LogP contribution in [0.3, 0.4) is 0 Å². The largest absolute Gasteiger partial charge is 0.496 e. The maximum Gasteiger partial charge on any atom is 0.240 e. The number of rotatable bonds is 10. The zero-order chi connectivity index (χ0) is 24.1. The first-order valence-electron chi connectivity index (χ1n) is 13.2. The highest BCUT2D eigenvalue weighted by Crippen LogP contribution is 2.47. The lowest BCUT2D eigenvalue weighted by molar-refractivity contribution is 0.210. The molecule has 6 nitrogen and oxygen atoms in total. The molecule has 1 aliphatic carbocycles. The zero-order valence-electron chi connectivity index (χ0n) is 21.1. The van der Waals surface area contributed by atoms with Crippen LogP contribution in [0, 0.1) is 0 Å². The molecular formula is C29H38N4O2. The Morgan fingerprint density at radius 1 is 1.09 bits per heavy atom. The van der Waals surface area contributed by atoms with Crippen molar-refractivity contribution in [2.45, 2.75) is 63.3 Å². The number of para-hydroxylation sites is 1. The van der Waals surface area contributed by atoms with Gasteiger partial charge in [-0.1, -0.05) is 61.0 Å². The van der Waals surface area contributed by atoms with E-state index in [2.05, 4.69) is 64.8 Å². The number of piperidine rings is 1. The van der Waals surface area contributed by atoms with Crippen molar-refractivity contribution in [3.05, 3.63) is 76.9 Å². The van der Waals surface area contributed by atoms with Gasteiger partial charge in [0.2, 0.25) is 5.89 Å². The summed E-state index contributed by atoms with van der Waals surface area (Å²) in [7, 11) is 1.77. The highest BCUT2D eigenvalue weighted by Gasteiger charge is 2.44. The van der Waals surface area contributed by atoms with Crippen molar-refractivity contribution in [3.8, 4) is 5.75 Å². The monoisotopic (exact) mass is 474 g/mol. The van der Waals surface area contributed by atoms with E-state index in [-0.39, 0.29) is 5.41 Å². The maximum atomic E-state index is 5.64. The number of aryl methyl sites for hydroxylation is 1. The van der Waals surface area contributed by atoms with Crippen LogP contribution in [-0.4, -0.2) is 48.3 Å². The van der Waals surface area contributed by atoms with Crippen LogP contribution < -0.4 is 10.1 Å². The van der Waals surface area contributed by atoms with Crippen LogP contribution in [0.4, 0.5) is 0 Å². The smallest absolute Gasteiger partial charge is 0.240 e. The molecule has 1 aromatic heterocycles. The van der Waals surface area contributed by atoms with Gasteiger partial charge < -0.3 is 19.5 Å². The number of hydrogen-bond donors (Lipinski definition) is 1. The van der Waals surface area contributed by atoms with Gasteiger partial charge in [-0.3, -0.25) is 0 Å². The van der Waals surface area contributed by atoms with Crippen LogP contribution in [-0.2, 0) is 18.4 Å². The van der Waals surface area contributed by atoms with Crippen molar-refractivity contribution in [1.82, 2.24) is 20.4 Å². The van der Waals surface area contributed by atoms with Gasteiger partial charge in [0.1, 0.15) is 5.75 Å². The van der Waals surface area contributed by atoms with Crippen molar-refractivity contribution in [2.75, 3.05) is 33.3 Å². The lowest BCUT2D eigenvalue weighted by atomic mass is 9.64. The molecule has 1 saturated carbocycles. The molecule has 1 saturated heterocycles. The third-order valence-corrected chi connectivity index (χ3v) is 8.07. The Labute approximate surface area is 209 Å². The number of benzene rings is 2. The molecule has 2 fully saturated rings. The summed E-state index contributed by atoms with van der Waals surface area (Å²) < 4.78 is 11.2. The topological polar surface area (TPSA) is 63.4 Å². The van der Waals surface area contributed by atoms with Crippen molar-refractivity contribution in [1.29, 1.82) is 0 Å². The summed E-state index contributed by atoms with van der Waals surface area (Å²) >= 11 is 0. The fourth-order valence-corrected chi connectivity index (χ4v) is 5.66. The van der Waals surface area contributed by atoms with Gasteiger partial charge in [-0.2, -0.15) is 4.98 Å². The molecule has 0 amide bonds. The Balaban J connectivity index is 1.08. The Kier molecular flexibility index (Phi) is 7.49. The number of nitrogens with zero attached hydrogens (tertiary/aromatic N) is 3. The molecule has 186 valence electrons. The molecule has 0 spiro atoms. The predicted octanol–water partition coefficient (Wildman–Crippen LogP) is 5.08. The maximum absolute atomic E-state index is 5.64. The summed E-state index contributed by atoms with van der Waals surface area (Å²) in [6.45, 7) is 7.00. The van der Waals surface area contributed by atoms with E-state index in [1.165, 1.54) is 36.0 Å². The average molecular weight is 475 g/mol. The minimum Gasteiger partial charge on any atom is -0.496 e. The summed E-state index contributed by atoms with van der Waals surface area (Å²) in [5.41, 5.74) is 3.97. The first-order chi connectivity index (χ1) is 17.2. The molecular weight excluding hydrogens is 436 g/mol. The summed E-state index contributed by atoms with van der Waals surface area (Å²) in [6, 6.07) is 17.4. The third kappa shape index (κ3) is 5.14. The molecule has 5 rings (SSSR count). The van der Waals surface area contributed by atoms with E-state index < -0.39 is 0 Å². The molecule has 6 heteroatoms. The van der Waals surface area contributed by atoms with Gasteiger partial charge in [-0.15, -0.1) is 0 Å². The first-order valence-corrected chi connectivity index (χ1v) is 13.2. The second-order valence-electron chi connectivity index (χ2n) is 10.0. The number of hydrogen-bond acceptors (Lipinski definition) is 6. The van der Waals surface area contributed by atoms with Crippen LogP contribution in [0.5, 0.6) is 5.75 Å². The van der Waals surface area contributed by atoms with Gasteiger partial charge in [0.05, 0.1) is 19.1 Å². The highest BCUT2D eigenvalue weighted by molar-refractivity contribution is 5.38. The molecule has 0 radical (unpaired) electrons. The van der Waals surface area contributed by atoms with Crippen LogP contribution in [0.1, 0.15) is 73.4 Å². The number of methoxy groups -OCH3 is 1. The number of nitrogens with one attached hydrogen (secondary N) is 1. The van der Waals surface area contributed by atoms with Gasteiger partial charge in [0, 0.05) is 13.1 Å². The van der Waals surface area contributed by atoms with Gasteiger partial charge in [-0.05, 0) is 73.9 Å². The summed E-state index contributed by atoms with van der Waals surface area (Å²) in [6.07, 6.45) is 6.81. The number of ether oxygens (including phenoxy) is 1. The van der Waals surface area contributed by atoms with E-state index in [0.29, 0.717) is 18.4 Å². The second-order valence-corrected chi connectivity index (χ2v) is 10.0. The molecule has 2 heterocycles. The van der Waals surface area contributed by atoms with Gasteiger partial charge in [-0.25, -0.2) is 0 Å². The molecule has 2 aromatic carbocycles. The number of aromatic nitrogens is 2. The highest BCUT2D eigenvalue weighted by atomic mass is 16.5. The molecule has 35 heavy (non-hydrogen) atoms. The van der Waals surface area contributed by atoms with E-state index in [1.807, 2.05) is 6.07 Å². The second kappa shape index (κ2) is 10.9. The molecule has 2 aliphatic rings. The van der Waals surface area contributed by atoms with Gasteiger partial charge in [0.25, 0.3) is 0 Å². The Hall–Kier alpha value is -2.70. The number of likely N-dealkylation sites (tertiary alicyclic amines) is 1. The van der Waals surface area contributed by atoms with Crippen molar-refractivity contribution < 1.29 is 9.26 Å². The van der Waals surface area contributed by atoms with Crippen molar-refractivity contribution in [2.24, 2.45) is 0 Å². The third-order valence-electron chi connectivity index (χ3n) is 8.07. The molecule has 1 N–H and O–H groups in total. The van der Waals surface area contributed by atoms with Crippen LogP contribution in [0.15, 0.2) is 53.1 Å². The van der Waals surface area contributed by atoms with Crippen LogP contribution in [0.2, 0.25) is 0 Å². The minimum absolute atomic E-state index is 0.0696. The average Bonchev–Trinajstić information content (AvgIpc) is 3.35. The SMILES string of the molecule is CCc1ccc(C2(c3noc(CNCCN4CCC(c5ccccc5OC)CC4)n3)CCC2)cc1. The predicted molar refractivity (Wildman–Crippen MR) is 138 cm³/mol. The summed E-state index contributed by atoms with van der Waals surface area (Å²) in [5.74, 6) is 3.15. The van der Waals surface area contributed by atoms with E-state index >= 15 is 0 Å². The Bertz CT molecular complexity index is 1080. The van der Waals surface area contributed by atoms with Crippen LogP contribution in [0.25, 0.3) is 0 Å². The van der Waals surface area contributed by atoms with Crippen molar-refractivity contribution in [3.63, 3.8) is 0 Å². The summed E-state index contributed by atoms with van der Waals surface area (Å²) in [5, 5.41) is 7.91. The fraction of sp³-hybridized carbons (Fsp3) is 0.517. The fourth-order valence-electron chi connectivity index (χ4n) is 5.66. The lowest BCUT2D eigenvalue weighted by Gasteiger charge is -2.39. The minimum atomic E-state index is -0.0696. The summed E-state index contributed by atoms with van der Waals surface area (Å²) in [4.78, 5) is 7.34. The molecule has 0 atom stereocenters. The van der Waals surface area contributed by atoms with E-state index in [4.69, 9.17) is 14.2 Å². The molecule has 1 aliphatic heterocycles. The quantitative estimate of drug-likeness (QED) is 0.414. The van der Waals surface area contributed by atoms with Crippen LogP contribution >= 0.6 is 0 Å².